The zero-order valence-corrected chi connectivity index (χ0v) is 12.0. The highest BCUT2D eigenvalue weighted by Crippen LogP contribution is 2.66. The van der Waals surface area contributed by atoms with Crippen LogP contribution in [0.3, 0.4) is 0 Å². The van der Waals surface area contributed by atoms with Crippen molar-refractivity contribution in [2.24, 2.45) is 10.8 Å². The first-order valence-corrected chi connectivity index (χ1v) is 7.29. The van der Waals surface area contributed by atoms with E-state index in [1.165, 1.54) is 0 Å². The van der Waals surface area contributed by atoms with Gasteiger partial charge in [-0.05, 0) is 24.8 Å². The summed E-state index contributed by atoms with van der Waals surface area (Å²) in [4.78, 5) is 0. The molecule has 0 aromatic heterocycles. The Bertz CT molecular complexity index is 444. The molecule has 4 N–H and O–H groups in total. The summed E-state index contributed by atoms with van der Waals surface area (Å²) in [6, 6.07) is 0. The summed E-state index contributed by atoms with van der Waals surface area (Å²) in [5.41, 5.74) is -0.855. The van der Waals surface area contributed by atoms with E-state index in [0.717, 1.165) is 12.0 Å². The molecule has 20 heavy (non-hydrogen) atoms. The van der Waals surface area contributed by atoms with E-state index < -0.39 is 34.7 Å². The van der Waals surface area contributed by atoms with Crippen molar-refractivity contribution in [3.05, 3.63) is 11.6 Å². The topological polar surface area (TPSA) is 93.5 Å². The summed E-state index contributed by atoms with van der Waals surface area (Å²) in [7, 11) is 0. The molecule has 1 heterocycles. The van der Waals surface area contributed by atoms with Gasteiger partial charge in [-0.15, -0.1) is 0 Å². The second-order valence-electron chi connectivity index (χ2n) is 7.07. The number of ether oxygens (including phenoxy) is 1. The Morgan fingerprint density at radius 2 is 1.95 bits per heavy atom. The molecule has 6 unspecified atom stereocenters. The Kier molecular flexibility index (Phi) is 3.09. The summed E-state index contributed by atoms with van der Waals surface area (Å²) in [5, 5.41) is 40.1. The Labute approximate surface area is 118 Å². The van der Waals surface area contributed by atoms with Crippen molar-refractivity contribution in [1.29, 1.82) is 0 Å². The van der Waals surface area contributed by atoms with Crippen LogP contribution in [0.5, 0.6) is 0 Å². The summed E-state index contributed by atoms with van der Waals surface area (Å²) in [5.74, 6) is 0. The number of aliphatic hydroxyl groups excluding tert-OH is 4. The molecular formula is C15H24O5. The Balaban J connectivity index is 1.98. The average Bonchev–Trinajstić information content (AvgIpc) is 3.19. The van der Waals surface area contributed by atoms with Gasteiger partial charge in [-0.3, -0.25) is 0 Å². The van der Waals surface area contributed by atoms with Crippen molar-refractivity contribution in [3.8, 4) is 0 Å². The van der Waals surface area contributed by atoms with Crippen LogP contribution in [-0.4, -0.2) is 57.6 Å². The van der Waals surface area contributed by atoms with Crippen LogP contribution in [0.4, 0.5) is 0 Å². The lowest BCUT2D eigenvalue weighted by Crippen LogP contribution is -2.54. The van der Waals surface area contributed by atoms with E-state index in [0.29, 0.717) is 19.4 Å². The number of hydrogen-bond acceptors (Lipinski definition) is 5. The smallest absolute Gasteiger partial charge is 0.126 e. The molecule has 3 aliphatic rings. The normalized spacial score (nSPS) is 55.1. The quantitative estimate of drug-likeness (QED) is 0.422. The molecule has 3 rings (SSSR count). The van der Waals surface area contributed by atoms with Crippen LogP contribution >= 0.6 is 0 Å². The van der Waals surface area contributed by atoms with Crippen LogP contribution in [0, 0.1) is 10.8 Å². The molecule has 1 saturated carbocycles. The van der Waals surface area contributed by atoms with Crippen LogP contribution in [0.15, 0.2) is 11.6 Å². The van der Waals surface area contributed by atoms with Gasteiger partial charge in [0.2, 0.25) is 0 Å². The molecular weight excluding hydrogens is 260 g/mol. The third-order valence-electron chi connectivity index (χ3n) is 6.32. The number of epoxide rings is 1. The first-order chi connectivity index (χ1) is 9.31. The first-order valence-electron chi connectivity index (χ1n) is 7.29. The van der Waals surface area contributed by atoms with Crippen molar-refractivity contribution in [2.45, 2.75) is 57.0 Å². The molecule has 5 heteroatoms. The molecule has 0 aromatic carbocycles. The highest BCUT2D eigenvalue weighted by Gasteiger charge is 2.75. The van der Waals surface area contributed by atoms with Crippen LogP contribution < -0.4 is 0 Å². The predicted octanol–water partition coefficient (Wildman–Crippen LogP) is -0.0331. The maximum atomic E-state index is 10.6. The van der Waals surface area contributed by atoms with Crippen molar-refractivity contribution in [1.82, 2.24) is 0 Å². The van der Waals surface area contributed by atoms with Gasteiger partial charge < -0.3 is 25.2 Å². The zero-order chi connectivity index (χ0) is 14.8. The van der Waals surface area contributed by atoms with E-state index in [4.69, 9.17) is 4.74 Å². The lowest BCUT2D eigenvalue weighted by molar-refractivity contribution is -0.0929. The fraction of sp³-hybridized carbons (Fsp3) is 0.867. The molecule has 0 radical (unpaired) electrons. The Hall–Kier alpha value is -0.460. The largest absolute Gasteiger partial charge is 0.392 e. The van der Waals surface area contributed by atoms with Gasteiger partial charge in [0.05, 0.1) is 25.4 Å². The van der Waals surface area contributed by atoms with E-state index >= 15 is 0 Å². The minimum absolute atomic E-state index is 0.0310. The molecule has 114 valence electrons. The molecule has 0 aromatic rings. The lowest BCUT2D eigenvalue weighted by atomic mass is 9.54. The zero-order valence-electron chi connectivity index (χ0n) is 12.0. The fourth-order valence-corrected chi connectivity index (χ4v) is 4.42. The highest BCUT2D eigenvalue weighted by molar-refractivity contribution is 5.27. The van der Waals surface area contributed by atoms with Crippen molar-refractivity contribution in [3.63, 3.8) is 0 Å². The Morgan fingerprint density at radius 1 is 1.30 bits per heavy atom. The van der Waals surface area contributed by atoms with Gasteiger partial charge in [-0.2, -0.15) is 0 Å². The van der Waals surface area contributed by atoms with Crippen molar-refractivity contribution in [2.75, 3.05) is 13.2 Å². The van der Waals surface area contributed by atoms with E-state index in [9.17, 15) is 20.4 Å². The van der Waals surface area contributed by atoms with Gasteiger partial charge >= 0.3 is 0 Å². The molecule has 2 aliphatic carbocycles. The van der Waals surface area contributed by atoms with Gasteiger partial charge in [0.25, 0.3) is 0 Å². The second-order valence-corrected chi connectivity index (χ2v) is 7.07. The second kappa shape index (κ2) is 4.27. The van der Waals surface area contributed by atoms with Crippen LogP contribution in [-0.2, 0) is 4.74 Å². The van der Waals surface area contributed by atoms with Crippen LogP contribution in [0.25, 0.3) is 0 Å². The first kappa shape index (κ1) is 14.5. The van der Waals surface area contributed by atoms with E-state index in [1.807, 2.05) is 13.8 Å². The Morgan fingerprint density at radius 3 is 2.45 bits per heavy atom. The van der Waals surface area contributed by atoms with Gasteiger partial charge in [0.15, 0.2) is 0 Å². The van der Waals surface area contributed by atoms with Gasteiger partial charge in [-0.1, -0.05) is 19.9 Å². The van der Waals surface area contributed by atoms with E-state index in [2.05, 4.69) is 0 Å². The lowest BCUT2D eigenvalue weighted by Gasteiger charge is -2.51. The van der Waals surface area contributed by atoms with Gasteiger partial charge in [0.1, 0.15) is 11.7 Å². The fourth-order valence-electron chi connectivity index (χ4n) is 4.42. The molecule has 1 aliphatic heterocycles. The third-order valence-corrected chi connectivity index (χ3v) is 6.32. The number of rotatable bonds is 2. The summed E-state index contributed by atoms with van der Waals surface area (Å²) < 4.78 is 5.58. The molecule has 1 saturated heterocycles. The molecule has 1 spiro atoms. The summed E-state index contributed by atoms with van der Waals surface area (Å²) in [6.07, 6.45) is 1.17. The predicted molar refractivity (Wildman–Crippen MR) is 71.9 cm³/mol. The number of hydrogen-bond donors (Lipinski definition) is 4. The molecule has 5 nitrogen and oxygen atoms in total. The molecule has 2 fully saturated rings. The maximum Gasteiger partial charge on any atom is 0.126 e. The van der Waals surface area contributed by atoms with E-state index in [1.54, 1.807) is 6.08 Å². The van der Waals surface area contributed by atoms with Crippen LogP contribution in [0.1, 0.15) is 33.1 Å². The maximum absolute atomic E-state index is 10.6. The molecule has 6 atom stereocenters. The monoisotopic (exact) mass is 284 g/mol. The standard InChI is InChI=1S/C15H24O5/c1-13(4-3-9(7-16)5-11(13)18)14(2)6-10(17)12(19)15(14)8-20-15/h5,10-12,16-19H,3-4,6-8H2,1-2H3. The summed E-state index contributed by atoms with van der Waals surface area (Å²) >= 11 is 0. The third kappa shape index (κ3) is 1.56. The summed E-state index contributed by atoms with van der Waals surface area (Å²) in [6.45, 7) is 4.40. The van der Waals surface area contributed by atoms with Gasteiger partial charge in [0, 0.05) is 10.8 Å². The highest BCUT2D eigenvalue weighted by atomic mass is 16.6. The average molecular weight is 284 g/mol. The van der Waals surface area contributed by atoms with Crippen molar-refractivity contribution >= 4 is 0 Å². The minimum atomic E-state index is -0.889. The van der Waals surface area contributed by atoms with Crippen LogP contribution in [0.2, 0.25) is 0 Å². The van der Waals surface area contributed by atoms with Crippen molar-refractivity contribution < 1.29 is 25.2 Å². The molecule has 0 bridgehead atoms. The van der Waals surface area contributed by atoms with E-state index in [-0.39, 0.29) is 6.61 Å². The van der Waals surface area contributed by atoms with Gasteiger partial charge in [-0.25, -0.2) is 0 Å². The number of aliphatic hydroxyl groups is 4. The minimum Gasteiger partial charge on any atom is -0.392 e. The molecule has 0 amide bonds. The SMILES string of the molecule is CC1(C2(C)CC(O)C(O)C23CO3)CCC(CO)=CC1O.